The van der Waals surface area contributed by atoms with E-state index in [0.29, 0.717) is 11.6 Å². The Hall–Kier alpha value is -2.30. The molecular weight excluding hydrogens is 270 g/mol. The molecule has 0 atom stereocenters. The zero-order valence-corrected chi connectivity index (χ0v) is 12.6. The predicted molar refractivity (Wildman–Crippen MR) is 77.7 cm³/mol. The lowest BCUT2D eigenvalue weighted by atomic mass is 9.94. The molecule has 5 nitrogen and oxygen atoms in total. The Kier molecular flexibility index (Phi) is 4.02. The average molecular weight is 289 g/mol. The SMILES string of the molecule is Cc1ccc(C(=O)O)c(OCc2ncc(C(C)(C)C)o2)c1. The van der Waals surface area contributed by atoms with E-state index in [-0.39, 0.29) is 17.6 Å². The van der Waals surface area contributed by atoms with Crippen molar-refractivity contribution >= 4 is 5.97 Å². The third-order valence-corrected chi connectivity index (χ3v) is 3.01. The van der Waals surface area contributed by atoms with Crippen LogP contribution in [0.1, 0.15) is 48.3 Å². The number of hydrogen-bond donors (Lipinski definition) is 1. The first kappa shape index (κ1) is 15.1. The van der Waals surface area contributed by atoms with Crippen LogP contribution in [-0.2, 0) is 12.0 Å². The van der Waals surface area contributed by atoms with E-state index in [1.54, 1.807) is 18.3 Å². The molecular formula is C16H19NO4. The van der Waals surface area contributed by atoms with E-state index < -0.39 is 5.97 Å². The number of oxazole rings is 1. The lowest BCUT2D eigenvalue weighted by Crippen LogP contribution is -2.09. The number of nitrogens with zero attached hydrogens (tertiary/aromatic N) is 1. The van der Waals surface area contributed by atoms with Gasteiger partial charge < -0.3 is 14.3 Å². The lowest BCUT2D eigenvalue weighted by molar-refractivity contribution is 0.0691. The van der Waals surface area contributed by atoms with Crippen molar-refractivity contribution in [3.63, 3.8) is 0 Å². The summed E-state index contributed by atoms with van der Waals surface area (Å²) in [5.74, 6) is 0.493. The van der Waals surface area contributed by atoms with Crippen LogP contribution in [0.4, 0.5) is 0 Å². The van der Waals surface area contributed by atoms with Crippen molar-refractivity contribution in [2.24, 2.45) is 0 Å². The van der Waals surface area contributed by atoms with Crippen molar-refractivity contribution in [2.45, 2.75) is 39.7 Å². The van der Waals surface area contributed by atoms with Crippen molar-refractivity contribution in [1.29, 1.82) is 0 Å². The standard InChI is InChI=1S/C16H19NO4/c1-10-5-6-11(15(18)19)12(7-10)20-9-14-17-8-13(21-14)16(2,3)4/h5-8H,9H2,1-4H3,(H,18,19). The summed E-state index contributed by atoms with van der Waals surface area (Å²) in [6, 6.07) is 4.96. The lowest BCUT2D eigenvalue weighted by Gasteiger charge is -2.13. The molecule has 1 aromatic carbocycles. The summed E-state index contributed by atoms with van der Waals surface area (Å²) >= 11 is 0. The minimum atomic E-state index is -1.02. The van der Waals surface area contributed by atoms with Crippen molar-refractivity contribution < 1.29 is 19.1 Å². The molecule has 1 heterocycles. The molecule has 0 radical (unpaired) electrons. The van der Waals surface area contributed by atoms with Crippen LogP contribution in [0.2, 0.25) is 0 Å². The smallest absolute Gasteiger partial charge is 0.339 e. The fourth-order valence-corrected chi connectivity index (χ4v) is 1.79. The Bertz CT molecular complexity index is 653. The van der Waals surface area contributed by atoms with Gasteiger partial charge in [0.2, 0.25) is 5.89 Å². The van der Waals surface area contributed by atoms with Crippen LogP contribution < -0.4 is 4.74 Å². The molecule has 112 valence electrons. The first-order valence-electron chi connectivity index (χ1n) is 6.69. The third-order valence-electron chi connectivity index (χ3n) is 3.01. The van der Waals surface area contributed by atoms with Crippen LogP contribution in [0.5, 0.6) is 5.75 Å². The zero-order chi connectivity index (χ0) is 15.6. The summed E-state index contributed by atoms with van der Waals surface area (Å²) in [7, 11) is 0. The predicted octanol–water partition coefficient (Wildman–Crippen LogP) is 3.56. The number of carbonyl (C=O) groups is 1. The molecule has 21 heavy (non-hydrogen) atoms. The van der Waals surface area contributed by atoms with Gasteiger partial charge in [0.15, 0.2) is 6.61 Å². The van der Waals surface area contributed by atoms with Crippen molar-refractivity contribution in [3.8, 4) is 5.75 Å². The van der Waals surface area contributed by atoms with Crippen LogP contribution >= 0.6 is 0 Å². The number of carboxylic acid groups (broad SMARTS) is 1. The molecule has 5 heteroatoms. The van der Waals surface area contributed by atoms with Crippen LogP contribution in [0, 0.1) is 6.92 Å². The second-order valence-corrected chi connectivity index (χ2v) is 5.96. The number of aromatic carboxylic acids is 1. The Labute approximate surface area is 123 Å². The van der Waals surface area contributed by atoms with Gasteiger partial charge in [-0.3, -0.25) is 0 Å². The van der Waals surface area contributed by atoms with E-state index in [0.717, 1.165) is 11.3 Å². The Morgan fingerprint density at radius 1 is 1.38 bits per heavy atom. The molecule has 0 bridgehead atoms. The van der Waals surface area contributed by atoms with E-state index in [1.807, 2.05) is 27.7 Å². The number of hydrogen-bond acceptors (Lipinski definition) is 4. The van der Waals surface area contributed by atoms with Gasteiger partial charge in [-0.05, 0) is 24.6 Å². The van der Waals surface area contributed by atoms with Crippen molar-refractivity contribution in [2.75, 3.05) is 0 Å². The first-order valence-corrected chi connectivity index (χ1v) is 6.69. The number of rotatable bonds is 4. The van der Waals surface area contributed by atoms with Crippen LogP contribution in [0.3, 0.4) is 0 Å². The highest BCUT2D eigenvalue weighted by atomic mass is 16.5. The molecule has 0 unspecified atom stereocenters. The van der Waals surface area contributed by atoms with Gasteiger partial charge in [0.25, 0.3) is 0 Å². The van der Waals surface area contributed by atoms with Gasteiger partial charge in [-0.25, -0.2) is 9.78 Å². The second-order valence-electron chi connectivity index (χ2n) is 5.96. The minimum absolute atomic E-state index is 0.0970. The number of carboxylic acids is 1. The largest absolute Gasteiger partial charge is 0.483 e. The van der Waals surface area contributed by atoms with Gasteiger partial charge in [-0.15, -0.1) is 0 Å². The van der Waals surface area contributed by atoms with Crippen molar-refractivity contribution in [1.82, 2.24) is 4.98 Å². The van der Waals surface area contributed by atoms with Gasteiger partial charge in [-0.1, -0.05) is 26.8 Å². The average Bonchev–Trinajstić information content (AvgIpc) is 2.84. The third kappa shape index (κ3) is 3.62. The number of aryl methyl sites for hydroxylation is 1. The normalized spacial score (nSPS) is 11.4. The molecule has 2 aromatic rings. The number of benzene rings is 1. The van der Waals surface area contributed by atoms with E-state index in [2.05, 4.69) is 4.98 Å². The van der Waals surface area contributed by atoms with Gasteiger partial charge in [0.1, 0.15) is 17.1 Å². The fraction of sp³-hybridized carbons (Fsp3) is 0.375. The summed E-state index contributed by atoms with van der Waals surface area (Å²) < 4.78 is 11.2. The molecule has 0 aliphatic rings. The second kappa shape index (κ2) is 5.60. The van der Waals surface area contributed by atoms with Crippen LogP contribution in [0.25, 0.3) is 0 Å². The summed E-state index contributed by atoms with van der Waals surface area (Å²) in [5.41, 5.74) is 0.932. The number of aromatic nitrogens is 1. The van der Waals surface area contributed by atoms with Gasteiger partial charge in [-0.2, -0.15) is 0 Å². The monoisotopic (exact) mass is 289 g/mol. The molecule has 0 aliphatic carbocycles. The van der Waals surface area contributed by atoms with Gasteiger partial charge in [0, 0.05) is 5.41 Å². The quantitative estimate of drug-likeness (QED) is 0.931. The highest BCUT2D eigenvalue weighted by Crippen LogP contribution is 2.24. The molecule has 0 saturated carbocycles. The van der Waals surface area contributed by atoms with E-state index in [4.69, 9.17) is 14.3 Å². The molecule has 2 rings (SSSR count). The molecule has 1 N–H and O–H groups in total. The highest BCUT2D eigenvalue weighted by Gasteiger charge is 2.19. The van der Waals surface area contributed by atoms with Crippen molar-refractivity contribution in [3.05, 3.63) is 47.2 Å². The van der Waals surface area contributed by atoms with Crippen LogP contribution in [-0.4, -0.2) is 16.1 Å². The van der Waals surface area contributed by atoms with Gasteiger partial charge >= 0.3 is 5.97 Å². The maximum atomic E-state index is 11.2. The Morgan fingerprint density at radius 3 is 2.67 bits per heavy atom. The number of ether oxygens (including phenoxy) is 1. The molecule has 0 amide bonds. The molecule has 0 saturated heterocycles. The molecule has 1 aromatic heterocycles. The summed E-state index contributed by atoms with van der Waals surface area (Å²) in [6.07, 6.45) is 1.67. The maximum Gasteiger partial charge on any atom is 0.339 e. The minimum Gasteiger partial charge on any atom is -0.483 e. The summed E-state index contributed by atoms with van der Waals surface area (Å²) in [6.45, 7) is 8.06. The van der Waals surface area contributed by atoms with Gasteiger partial charge in [0.05, 0.1) is 6.20 Å². The van der Waals surface area contributed by atoms with E-state index >= 15 is 0 Å². The molecule has 0 spiro atoms. The Morgan fingerprint density at radius 2 is 2.10 bits per heavy atom. The summed E-state index contributed by atoms with van der Waals surface area (Å²) in [5, 5.41) is 9.15. The van der Waals surface area contributed by atoms with E-state index in [1.165, 1.54) is 6.07 Å². The van der Waals surface area contributed by atoms with Crippen LogP contribution in [0.15, 0.2) is 28.8 Å². The maximum absolute atomic E-state index is 11.2. The fourth-order valence-electron chi connectivity index (χ4n) is 1.79. The first-order chi connectivity index (χ1) is 9.77. The summed E-state index contributed by atoms with van der Waals surface area (Å²) in [4.78, 5) is 15.3. The Balaban J connectivity index is 2.15. The molecule has 0 fully saturated rings. The topological polar surface area (TPSA) is 72.6 Å². The highest BCUT2D eigenvalue weighted by molar-refractivity contribution is 5.90. The van der Waals surface area contributed by atoms with E-state index in [9.17, 15) is 4.79 Å². The zero-order valence-electron chi connectivity index (χ0n) is 12.6. The molecule has 0 aliphatic heterocycles.